The third-order valence-corrected chi connectivity index (χ3v) is 7.17. The van der Waals surface area contributed by atoms with Gasteiger partial charge in [0.05, 0.1) is 12.2 Å². The molecule has 0 amide bonds. The first-order valence-electron chi connectivity index (χ1n) is 8.52. The molecule has 0 saturated heterocycles. The van der Waals surface area contributed by atoms with Crippen LogP contribution in [0, 0.1) is 11.6 Å². The number of aromatic nitrogens is 5. The molecule has 2 atom stereocenters. The Labute approximate surface area is 169 Å². The zero-order chi connectivity index (χ0) is 20.0. The molecule has 28 heavy (non-hydrogen) atoms. The molecule has 0 radical (unpaired) electrons. The van der Waals surface area contributed by atoms with Crippen molar-refractivity contribution in [2.45, 2.75) is 30.7 Å². The van der Waals surface area contributed by atoms with Crippen molar-refractivity contribution in [3.8, 4) is 0 Å². The van der Waals surface area contributed by atoms with Crippen LogP contribution in [0.15, 0.2) is 49.4 Å². The van der Waals surface area contributed by atoms with Crippen LogP contribution in [0.2, 0.25) is 0 Å². The van der Waals surface area contributed by atoms with Crippen LogP contribution in [-0.2, 0) is 18.6 Å². The van der Waals surface area contributed by atoms with Crippen molar-refractivity contribution in [3.63, 3.8) is 0 Å². The van der Waals surface area contributed by atoms with Gasteiger partial charge < -0.3 is 5.11 Å². The Morgan fingerprint density at radius 3 is 2.82 bits per heavy atom. The Morgan fingerprint density at radius 1 is 1.25 bits per heavy atom. The van der Waals surface area contributed by atoms with Crippen LogP contribution in [-0.4, -0.2) is 40.8 Å². The lowest BCUT2D eigenvalue weighted by Gasteiger charge is -2.34. The highest BCUT2D eigenvalue weighted by atomic mass is 33.1. The Hall–Kier alpha value is -2.04. The molecule has 0 spiro atoms. The molecule has 0 aliphatic heterocycles. The van der Waals surface area contributed by atoms with E-state index >= 15 is 0 Å². The predicted molar refractivity (Wildman–Crippen MR) is 106 cm³/mol. The molecule has 0 aliphatic rings. The van der Waals surface area contributed by atoms with Crippen LogP contribution < -0.4 is 0 Å². The molecule has 6 nitrogen and oxygen atoms in total. The van der Waals surface area contributed by atoms with Crippen molar-refractivity contribution < 1.29 is 13.9 Å². The average Bonchev–Trinajstić information content (AvgIpc) is 3.20. The van der Waals surface area contributed by atoms with E-state index in [4.69, 9.17) is 0 Å². The second-order valence-electron chi connectivity index (χ2n) is 6.15. The van der Waals surface area contributed by atoms with Crippen LogP contribution in [0.1, 0.15) is 18.2 Å². The number of benzene rings is 1. The van der Waals surface area contributed by atoms with Crippen molar-refractivity contribution >= 4 is 21.6 Å². The Morgan fingerprint density at radius 2 is 2.11 bits per heavy atom. The van der Waals surface area contributed by atoms with Crippen molar-refractivity contribution in [3.05, 3.63) is 72.3 Å². The maximum absolute atomic E-state index is 14.5. The van der Waals surface area contributed by atoms with E-state index in [0.717, 1.165) is 29.6 Å². The van der Waals surface area contributed by atoms with Gasteiger partial charge in [-0.15, -0.1) is 0 Å². The molecule has 2 aromatic heterocycles. The van der Waals surface area contributed by atoms with E-state index < -0.39 is 22.5 Å². The first-order valence-corrected chi connectivity index (χ1v) is 10.9. The summed E-state index contributed by atoms with van der Waals surface area (Å²) in [6, 6.07) is 3.09. The molecule has 0 saturated carbocycles. The van der Waals surface area contributed by atoms with Gasteiger partial charge in [0.1, 0.15) is 29.9 Å². The Kier molecular flexibility index (Phi) is 6.97. The Bertz CT molecular complexity index is 885. The highest BCUT2D eigenvalue weighted by molar-refractivity contribution is 8.76. The molecule has 2 heterocycles. The smallest absolute Gasteiger partial charge is 0.137 e. The number of aliphatic hydroxyl groups is 1. The minimum atomic E-state index is -1.68. The molecule has 1 N–H and O–H groups in total. The van der Waals surface area contributed by atoms with Gasteiger partial charge in [0.2, 0.25) is 0 Å². The number of rotatable bonds is 9. The summed E-state index contributed by atoms with van der Waals surface area (Å²) in [4.78, 5) is 12.1. The number of aryl methyl sites for hydroxylation is 1. The first-order chi connectivity index (χ1) is 13.5. The van der Waals surface area contributed by atoms with E-state index in [-0.39, 0.29) is 12.1 Å². The normalized spacial score (nSPS) is 14.6. The monoisotopic (exact) mass is 423 g/mol. The summed E-state index contributed by atoms with van der Waals surface area (Å²) in [6.07, 6.45) is 8.44. The summed E-state index contributed by atoms with van der Waals surface area (Å²) >= 11 is 0. The summed E-state index contributed by atoms with van der Waals surface area (Å²) < 4.78 is 29.6. The lowest BCUT2D eigenvalue weighted by molar-refractivity contribution is 0.0135. The zero-order valence-electron chi connectivity index (χ0n) is 15.1. The predicted octanol–water partition coefficient (Wildman–Crippen LogP) is 3.25. The maximum atomic E-state index is 14.5. The van der Waals surface area contributed by atoms with Crippen LogP contribution in [0.5, 0.6) is 0 Å². The van der Waals surface area contributed by atoms with Gasteiger partial charge in [-0.3, -0.25) is 9.97 Å². The van der Waals surface area contributed by atoms with Gasteiger partial charge in [-0.1, -0.05) is 21.6 Å². The van der Waals surface area contributed by atoms with E-state index in [9.17, 15) is 13.9 Å². The zero-order valence-corrected chi connectivity index (χ0v) is 16.7. The second-order valence-corrected chi connectivity index (χ2v) is 8.98. The standard InChI is InChI=1S/C18H19F2N5OS2/c1-13(28-27-7-4-15-9-21-5-6-23-15)18(26,10-25-12-22-11-24-25)16-8-14(19)2-3-17(16)20/h2-3,5-6,8-9,11-13,26H,4,7,10H2,1H3/t13-,18-/m1/s1. The Balaban J connectivity index is 1.73. The summed E-state index contributed by atoms with van der Waals surface area (Å²) in [5, 5.41) is 14.9. The molecular weight excluding hydrogens is 404 g/mol. The van der Waals surface area contributed by atoms with Gasteiger partial charge in [0.15, 0.2) is 0 Å². The van der Waals surface area contributed by atoms with Gasteiger partial charge in [-0.25, -0.2) is 18.4 Å². The summed E-state index contributed by atoms with van der Waals surface area (Å²) in [6.45, 7) is 1.73. The lowest BCUT2D eigenvalue weighted by atomic mass is 9.90. The number of hydrogen-bond donors (Lipinski definition) is 1. The van der Waals surface area contributed by atoms with Gasteiger partial charge in [-0.2, -0.15) is 5.10 Å². The first kappa shape index (κ1) is 20.7. The van der Waals surface area contributed by atoms with Gasteiger partial charge >= 0.3 is 0 Å². The molecule has 148 valence electrons. The molecule has 0 fully saturated rings. The van der Waals surface area contributed by atoms with Gasteiger partial charge in [0, 0.05) is 41.6 Å². The topological polar surface area (TPSA) is 76.7 Å². The van der Waals surface area contributed by atoms with Crippen LogP contribution in [0.3, 0.4) is 0 Å². The summed E-state index contributed by atoms with van der Waals surface area (Å²) in [5.41, 5.74) is -0.903. The van der Waals surface area contributed by atoms with E-state index in [1.807, 2.05) is 0 Å². The minimum absolute atomic E-state index is 0.0493. The van der Waals surface area contributed by atoms with E-state index in [0.29, 0.717) is 6.42 Å². The van der Waals surface area contributed by atoms with Gasteiger partial charge in [-0.05, 0) is 25.1 Å². The van der Waals surface area contributed by atoms with Crippen LogP contribution in [0.4, 0.5) is 8.78 Å². The third kappa shape index (κ3) is 5.06. The SMILES string of the molecule is C[C@@H](SSCCc1cnccn1)[C@](O)(Cn1cncn1)c1cc(F)ccc1F. The summed E-state index contributed by atoms with van der Waals surface area (Å²) in [7, 11) is 2.93. The molecule has 1 aromatic carbocycles. The fourth-order valence-corrected chi connectivity index (χ4v) is 5.24. The molecule has 0 bridgehead atoms. The van der Waals surface area contributed by atoms with Crippen molar-refractivity contribution in [2.24, 2.45) is 0 Å². The largest absolute Gasteiger partial charge is 0.382 e. The van der Waals surface area contributed by atoms with Crippen molar-refractivity contribution in [2.75, 3.05) is 5.75 Å². The number of hydrogen-bond acceptors (Lipinski definition) is 7. The number of nitrogens with zero attached hydrogens (tertiary/aromatic N) is 5. The highest BCUT2D eigenvalue weighted by Gasteiger charge is 2.40. The molecule has 10 heteroatoms. The third-order valence-electron chi connectivity index (χ3n) is 4.21. The molecule has 0 unspecified atom stereocenters. The minimum Gasteiger partial charge on any atom is -0.382 e. The number of halogens is 2. The van der Waals surface area contributed by atoms with E-state index in [1.54, 1.807) is 25.5 Å². The molecule has 3 rings (SSSR count). The lowest BCUT2D eigenvalue weighted by Crippen LogP contribution is -2.41. The highest BCUT2D eigenvalue weighted by Crippen LogP contribution is 2.41. The molecular formula is C18H19F2N5OS2. The molecule has 0 aliphatic carbocycles. The molecule has 3 aromatic rings. The van der Waals surface area contributed by atoms with E-state index in [1.165, 1.54) is 38.9 Å². The van der Waals surface area contributed by atoms with Crippen molar-refractivity contribution in [1.82, 2.24) is 24.7 Å². The second kappa shape index (κ2) is 9.44. The van der Waals surface area contributed by atoms with E-state index in [2.05, 4.69) is 20.1 Å². The van der Waals surface area contributed by atoms with Gasteiger partial charge in [0.25, 0.3) is 0 Å². The summed E-state index contributed by atoms with van der Waals surface area (Å²) in [5.74, 6) is -0.541. The van der Waals surface area contributed by atoms with Crippen molar-refractivity contribution in [1.29, 1.82) is 0 Å². The average molecular weight is 424 g/mol. The quantitative estimate of drug-likeness (QED) is 0.418. The fourth-order valence-electron chi connectivity index (χ4n) is 2.66. The fraction of sp³-hybridized carbons (Fsp3) is 0.333. The van der Waals surface area contributed by atoms with Crippen LogP contribution >= 0.6 is 21.6 Å². The maximum Gasteiger partial charge on any atom is 0.137 e. The van der Waals surface area contributed by atoms with Crippen LogP contribution in [0.25, 0.3) is 0 Å².